The SMILES string of the molecule is Cc1cc(C)cc(OCCC(=O)CCl)c1. The maximum Gasteiger partial charge on any atom is 0.150 e. The zero-order valence-electron chi connectivity index (χ0n) is 9.05. The molecule has 15 heavy (non-hydrogen) atoms. The third-order valence-electron chi connectivity index (χ3n) is 1.99. The molecule has 1 aromatic rings. The van der Waals surface area contributed by atoms with Crippen molar-refractivity contribution in [1.82, 2.24) is 0 Å². The van der Waals surface area contributed by atoms with Crippen LogP contribution in [0.4, 0.5) is 0 Å². The molecule has 0 aliphatic carbocycles. The van der Waals surface area contributed by atoms with Gasteiger partial charge in [-0.2, -0.15) is 0 Å². The first-order chi connectivity index (χ1) is 7.11. The zero-order chi connectivity index (χ0) is 11.3. The molecule has 0 aromatic heterocycles. The van der Waals surface area contributed by atoms with E-state index in [1.807, 2.05) is 26.0 Å². The van der Waals surface area contributed by atoms with Crippen LogP contribution in [0.25, 0.3) is 0 Å². The third-order valence-corrected chi connectivity index (χ3v) is 2.29. The Morgan fingerprint density at radius 1 is 1.27 bits per heavy atom. The minimum atomic E-state index is 0.0149. The Morgan fingerprint density at radius 2 is 1.87 bits per heavy atom. The molecule has 0 heterocycles. The summed E-state index contributed by atoms with van der Waals surface area (Å²) in [5, 5.41) is 0. The normalized spacial score (nSPS) is 10.1. The molecule has 82 valence electrons. The summed E-state index contributed by atoms with van der Waals surface area (Å²) >= 11 is 5.38. The molecule has 0 fully saturated rings. The number of benzene rings is 1. The van der Waals surface area contributed by atoms with E-state index in [0.29, 0.717) is 13.0 Å². The van der Waals surface area contributed by atoms with Gasteiger partial charge in [0, 0.05) is 6.42 Å². The summed E-state index contributed by atoms with van der Waals surface area (Å²) in [7, 11) is 0. The van der Waals surface area contributed by atoms with Crippen LogP contribution in [0.3, 0.4) is 0 Å². The highest BCUT2D eigenvalue weighted by atomic mass is 35.5. The zero-order valence-corrected chi connectivity index (χ0v) is 9.80. The van der Waals surface area contributed by atoms with E-state index in [4.69, 9.17) is 16.3 Å². The van der Waals surface area contributed by atoms with Gasteiger partial charge in [0.05, 0.1) is 12.5 Å². The second-order valence-corrected chi connectivity index (χ2v) is 3.86. The van der Waals surface area contributed by atoms with Crippen LogP contribution in [0.2, 0.25) is 0 Å². The van der Waals surface area contributed by atoms with Crippen molar-refractivity contribution in [2.45, 2.75) is 20.3 Å². The molecular weight excluding hydrogens is 212 g/mol. The molecule has 0 aliphatic heterocycles. The smallest absolute Gasteiger partial charge is 0.150 e. The number of alkyl halides is 1. The largest absolute Gasteiger partial charge is 0.493 e. The van der Waals surface area contributed by atoms with Crippen LogP contribution < -0.4 is 4.74 Å². The number of aryl methyl sites for hydroxylation is 2. The lowest BCUT2D eigenvalue weighted by Gasteiger charge is -2.07. The molecule has 0 N–H and O–H groups in total. The van der Waals surface area contributed by atoms with Crippen molar-refractivity contribution in [2.24, 2.45) is 0 Å². The molecule has 0 amide bonds. The Morgan fingerprint density at radius 3 is 2.40 bits per heavy atom. The van der Waals surface area contributed by atoms with Crippen molar-refractivity contribution >= 4 is 17.4 Å². The topological polar surface area (TPSA) is 26.3 Å². The van der Waals surface area contributed by atoms with Crippen LogP contribution in [0.5, 0.6) is 5.75 Å². The standard InChI is InChI=1S/C12H15ClO2/c1-9-5-10(2)7-12(6-9)15-4-3-11(14)8-13/h5-7H,3-4,8H2,1-2H3. The number of ether oxygens (including phenoxy) is 1. The number of hydrogen-bond donors (Lipinski definition) is 0. The van der Waals surface area contributed by atoms with Gasteiger partial charge >= 0.3 is 0 Å². The maximum absolute atomic E-state index is 10.9. The molecule has 0 bridgehead atoms. The van der Waals surface area contributed by atoms with Crippen molar-refractivity contribution in [1.29, 1.82) is 0 Å². The quantitative estimate of drug-likeness (QED) is 0.722. The number of halogens is 1. The van der Waals surface area contributed by atoms with Gasteiger partial charge in [0.15, 0.2) is 5.78 Å². The molecule has 0 radical (unpaired) electrons. The lowest BCUT2D eigenvalue weighted by molar-refractivity contribution is -0.117. The molecule has 0 aliphatic rings. The van der Waals surface area contributed by atoms with Crippen molar-refractivity contribution < 1.29 is 9.53 Å². The summed E-state index contributed by atoms with van der Waals surface area (Å²) in [5.74, 6) is 0.895. The molecule has 2 nitrogen and oxygen atoms in total. The van der Waals surface area contributed by atoms with E-state index in [1.165, 1.54) is 0 Å². The summed E-state index contributed by atoms with van der Waals surface area (Å²) < 4.78 is 5.46. The molecule has 0 spiro atoms. The van der Waals surface area contributed by atoms with Gasteiger partial charge in [-0.3, -0.25) is 4.79 Å². The highest BCUT2D eigenvalue weighted by Crippen LogP contribution is 2.16. The fourth-order valence-electron chi connectivity index (χ4n) is 1.37. The van der Waals surface area contributed by atoms with Gasteiger partial charge in [0.1, 0.15) is 5.75 Å². The number of hydrogen-bond acceptors (Lipinski definition) is 2. The highest BCUT2D eigenvalue weighted by Gasteiger charge is 2.01. The molecular formula is C12H15ClO2. The first-order valence-corrected chi connectivity index (χ1v) is 5.44. The van der Waals surface area contributed by atoms with Gasteiger partial charge in [-0.05, 0) is 37.1 Å². The molecule has 3 heteroatoms. The van der Waals surface area contributed by atoms with Crippen molar-refractivity contribution in [2.75, 3.05) is 12.5 Å². The van der Waals surface area contributed by atoms with E-state index in [0.717, 1.165) is 16.9 Å². The molecule has 1 aromatic carbocycles. The van der Waals surface area contributed by atoms with Gasteiger partial charge in [-0.1, -0.05) is 6.07 Å². The second-order valence-electron chi connectivity index (χ2n) is 3.59. The lowest BCUT2D eigenvalue weighted by Crippen LogP contribution is -2.07. The highest BCUT2D eigenvalue weighted by molar-refractivity contribution is 6.27. The fraction of sp³-hybridized carbons (Fsp3) is 0.417. The van der Waals surface area contributed by atoms with Crippen molar-refractivity contribution in [3.63, 3.8) is 0 Å². The number of ketones is 1. The van der Waals surface area contributed by atoms with Gasteiger partial charge in [0.25, 0.3) is 0 Å². The van der Waals surface area contributed by atoms with Gasteiger partial charge in [-0.15, -0.1) is 11.6 Å². The summed E-state index contributed by atoms with van der Waals surface area (Å²) in [5.41, 5.74) is 2.32. The number of carbonyl (C=O) groups excluding carboxylic acids is 1. The van der Waals surface area contributed by atoms with Gasteiger partial charge in [0.2, 0.25) is 0 Å². The Bertz CT molecular complexity index is 327. The number of rotatable bonds is 5. The molecule has 1 rings (SSSR count). The lowest BCUT2D eigenvalue weighted by atomic mass is 10.1. The van der Waals surface area contributed by atoms with Crippen molar-refractivity contribution in [3.05, 3.63) is 29.3 Å². The minimum Gasteiger partial charge on any atom is -0.493 e. The molecule has 0 atom stereocenters. The number of carbonyl (C=O) groups is 1. The predicted molar refractivity (Wildman–Crippen MR) is 61.8 cm³/mol. The Labute approximate surface area is 95.2 Å². The third kappa shape index (κ3) is 4.34. The molecule has 0 saturated heterocycles. The average Bonchev–Trinajstić information content (AvgIpc) is 2.16. The first-order valence-electron chi connectivity index (χ1n) is 4.90. The average molecular weight is 227 g/mol. The molecule has 0 saturated carbocycles. The number of Topliss-reactive ketones (excluding diaryl/α,β-unsaturated/α-hetero) is 1. The Hall–Kier alpha value is -1.02. The van der Waals surface area contributed by atoms with E-state index in [2.05, 4.69) is 6.07 Å². The van der Waals surface area contributed by atoms with Crippen LogP contribution in [0, 0.1) is 13.8 Å². The minimum absolute atomic E-state index is 0.0149. The van der Waals surface area contributed by atoms with Crippen LogP contribution in [-0.4, -0.2) is 18.3 Å². The van der Waals surface area contributed by atoms with E-state index in [9.17, 15) is 4.79 Å². The van der Waals surface area contributed by atoms with Crippen LogP contribution in [0.1, 0.15) is 17.5 Å². The molecule has 0 unspecified atom stereocenters. The predicted octanol–water partition coefficient (Wildman–Crippen LogP) is 2.88. The summed E-state index contributed by atoms with van der Waals surface area (Å²) in [6.07, 6.45) is 0.372. The maximum atomic E-state index is 10.9. The first kappa shape index (κ1) is 12.1. The monoisotopic (exact) mass is 226 g/mol. The Balaban J connectivity index is 2.47. The Kier molecular flexibility index (Phi) is 4.63. The summed E-state index contributed by atoms with van der Waals surface area (Å²) in [6.45, 7) is 4.43. The van der Waals surface area contributed by atoms with Gasteiger partial charge < -0.3 is 4.74 Å². The van der Waals surface area contributed by atoms with E-state index < -0.39 is 0 Å². The van der Waals surface area contributed by atoms with E-state index >= 15 is 0 Å². The summed E-state index contributed by atoms with van der Waals surface area (Å²) in [6, 6.07) is 5.99. The van der Waals surface area contributed by atoms with Gasteiger partial charge in [-0.25, -0.2) is 0 Å². The van der Waals surface area contributed by atoms with Crippen LogP contribution in [0.15, 0.2) is 18.2 Å². The van der Waals surface area contributed by atoms with Crippen molar-refractivity contribution in [3.8, 4) is 5.75 Å². The van der Waals surface area contributed by atoms with E-state index in [-0.39, 0.29) is 11.7 Å². The summed E-state index contributed by atoms with van der Waals surface area (Å²) in [4.78, 5) is 10.9. The van der Waals surface area contributed by atoms with E-state index in [1.54, 1.807) is 0 Å². The van der Waals surface area contributed by atoms with Crippen LogP contribution >= 0.6 is 11.6 Å². The fourth-order valence-corrected chi connectivity index (χ4v) is 1.50. The second kappa shape index (κ2) is 5.76. The van der Waals surface area contributed by atoms with Crippen LogP contribution in [-0.2, 0) is 4.79 Å².